The smallest absolute Gasteiger partial charge is 0.0432 e. The van der Waals surface area contributed by atoms with Crippen LogP contribution in [-0.2, 0) is 0 Å². The lowest BCUT2D eigenvalue weighted by atomic mass is 9.95. The van der Waals surface area contributed by atoms with E-state index in [1.807, 2.05) is 7.05 Å². The van der Waals surface area contributed by atoms with E-state index in [1.54, 1.807) is 0 Å². The molecule has 74 valence electrons. The lowest BCUT2D eigenvalue weighted by Crippen LogP contribution is -2.32. The Hall–Kier alpha value is -0.830. The Balaban J connectivity index is 2.90. The van der Waals surface area contributed by atoms with Crippen molar-refractivity contribution < 1.29 is 0 Å². The second-order valence-electron chi connectivity index (χ2n) is 3.69. The Morgan fingerprint density at radius 1 is 1.54 bits per heavy atom. The predicted octanol–water partition coefficient (Wildman–Crippen LogP) is 0.919. The van der Waals surface area contributed by atoms with Crippen molar-refractivity contribution in [3.05, 3.63) is 11.3 Å². The standard InChI is InChI=1S/C10H19N3/c1-7(2)10(12-3)8-6-13-5-4-9(8)11/h7,13H,4-6,11H2,1-3H3. The first-order valence-electron chi connectivity index (χ1n) is 4.82. The molecule has 3 N–H and O–H groups in total. The summed E-state index contributed by atoms with van der Waals surface area (Å²) in [5, 5.41) is 3.32. The minimum atomic E-state index is 0.457. The molecule has 0 radical (unpaired) electrons. The van der Waals surface area contributed by atoms with Gasteiger partial charge in [0.25, 0.3) is 0 Å². The zero-order valence-corrected chi connectivity index (χ0v) is 8.72. The summed E-state index contributed by atoms with van der Waals surface area (Å²) in [6, 6.07) is 0. The third kappa shape index (κ3) is 2.31. The molecule has 0 saturated carbocycles. The van der Waals surface area contributed by atoms with Gasteiger partial charge in [0, 0.05) is 37.1 Å². The van der Waals surface area contributed by atoms with E-state index in [1.165, 1.54) is 5.57 Å². The first-order chi connectivity index (χ1) is 6.16. The highest BCUT2D eigenvalue weighted by Crippen LogP contribution is 2.14. The quantitative estimate of drug-likeness (QED) is 0.622. The Morgan fingerprint density at radius 3 is 2.69 bits per heavy atom. The molecule has 0 aromatic heterocycles. The molecule has 13 heavy (non-hydrogen) atoms. The molecule has 0 spiro atoms. The number of nitrogens with two attached hydrogens (primary N) is 1. The van der Waals surface area contributed by atoms with Gasteiger partial charge in [-0.1, -0.05) is 13.8 Å². The average molecular weight is 181 g/mol. The van der Waals surface area contributed by atoms with Crippen molar-refractivity contribution in [3.63, 3.8) is 0 Å². The van der Waals surface area contributed by atoms with Crippen LogP contribution in [0.3, 0.4) is 0 Å². The summed E-state index contributed by atoms with van der Waals surface area (Å²) in [4.78, 5) is 4.30. The van der Waals surface area contributed by atoms with Gasteiger partial charge in [-0.25, -0.2) is 0 Å². The summed E-state index contributed by atoms with van der Waals surface area (Å²) in [5.41, 5.74) is 9.31. The summed E-state index contributed by atoms with van der Waals surface area (Å²) in [7, 11) is 1.84. The van der Waals surface area contributed by atoms with Gasteiger partial charge >= 0.3 is 0 Å². The predicted molar refractivity (Wildman–Crippen MR) is 56.9 cm³/mol. The Labute approximate surface area is 80.1 Å². The number of nitrogens with zero attached hydrogens (tertiary/aromatic N) is 1. The van der Waals surface area contributed by atoms with Gasteiger partial charge in [0.15, 0.2) is 0 Å². The van der Waals surface area contributed by atoms with Gasteiger partial charge in [-0.15, -0.1) is 0 Å². The third-order valence-electron chi connectivity index (χ3n) is 2.36. The first kappa shape index (κ1) is 10.3. The van der Waals surface area contributed by atoms with Gasteiger partial charge in [0.05, 0.1) is 0 Å². The van der Waals surface area contributed by atoms with Crippen LogP contribution in [0.15, 0.2) is 16.3 Å². The van der Waals surface area contributed by atoms with E-state index >= 15 is 0 Å². The Bertz CT molecular complexity index is 239. The maximum absolute atomic E-state index is 5.95. The van der Waals surface area contributed by atoms with E-state index in [9.17, 15) is 0 Å². The van der Waals surface area contributed by atoms with Crippen molar-refractivity contribution in [1.29, 1.82) is 0 Å². The number of hydrogen-bond acceptors (Lipinski definition) is 3. The Kier molecular flexibility index (Phi) is 3.48. The fourth-order valence-electron chi connectivity index (χ4n) is 1.70. The maximum atomic E-state index is 5.95. The Morgan fingerprint density at radius 2 is 2.23 bits per heavy atom. The molecule has 1 aliphatic rings. The fourth-order valence-corrected chi connectivity index (χ4v) is 1.70. The number of rotatable bonds is 2. The minimum absolute atomic E-state index is 0.457. The third-order valence-corrected chi connectivity index (χ3v) is 2.36. The first-order valence-corrected chi connectivity index (χ1v) is 4.82. The van der Waals surface area contributed by atoms with Gasteiger partial charge in [-0.2, -0.15) is 0 Å². The molecule has 0 aromatic rings. The van der Waals surface area contributed by atoms with Gasteiger partial charge in [0.2, 0.25) is 0 Å². The number of hydrogen-bond donors (Lipinski definition) is 2. The highest BCUT2D eigenvalue weighted by Gasteiger charge is 2.16. The van der Waals surface area contributed by atoms with E-state index in [-0.39, 0.29) is 0 Å². The van der Waals surface area contributed by atoms with Crippen LogP contribution in [0, 0.1) is 5.92 Å². The average Bonchev–Trinajstić information content (AvgIpc) is 2.09. The molecule has 0 saturated heterocycles. The highest BCUT2D eigenvalue weighted by molar-refractivity contribution is 6.02. The van der Waals surface area contributed by atoms with Crippen LogP contribution in [0.2, 0.25) is 0 Å². The van der Waals surface area contributed by atoms with Gasteiger partial charge in [-0.3, -0.25) is 4.99 Å². The molecular formula is C10H19N3. The molecule has 3 nitrogen and oxygen atoms in total. The molecule has 0 aromatic carbocycles. The van der Waals surface area contributed by atoms with Crippen LogP contribution in [0.5, 0.6) is 0 Å². The molecule has 1 rings (SSSR count). The van der Waals surface area contributed by atoms with E-state index in [4.69, 9.17) is 5.73 Å². The summed E-state index contributed by atoms with van der Waals surface area (Å²) in [6.45, 7) is 6.16. The lowest BCUT2D eigenvalue weighted by Gasteiger charge is -2.21. The second-order valence-corrected chi connectivity index (χ2v) is 3.69. The van der Waals surface area contributed by atoms with E-state index < -0.39 is 0 Å². The minimum Gasteiger partial charge on any atom is -0.402 e. The largest absolute Gasteiger partial charge is 0.402 e. The summed E-state index contributed by atoms with van der Waals surface area (Å²) in [6.07, 6.45) is 0.946. The van der Waals surface area contributed by atoms with Crippen LogP contribution >= 0.6 is 0 Å². The molecule has 0 bridgehead atoms. The molecule has 0 amide bonds. The second kappa shape index (κ2) is 4.42. The van der Waals surface area contributed by atoms with Gasteiger partial charge < -0.3 is 11.1 Å². The normalized spacial score (nSPS) is 19.8. The summed E-state index contributed by atoms with van der Waals surface area (Å²) < 4.78 is 0. The highest BCUT2D eigenvalue weighted by atomic mass is 14.9. The summed E-state index contributed by atoms with van der Waals surface area (Å²) in [5.74, 6) is 0.457. The van der Waals surface area contributed by atoms with Crippen molar-refractivity contribution in [2.75, 3.05) is 20.1 Å². The van der Waals surface area contributed by atoms with Crippen LogP contribution in [-0.4, -0.2) is 25.8 Å². The van der Waals surface area contributed by atoms with Crippen LogP contribution in [0.4, 0.5) is 0 Å². The fraction of sp³-hybridized carbons (Fsp3) is 0.700. The molecule has 0 unspecified atom stereocenters. The molecule has 0 fully saturated rings. The molecule has 1 aliphatic heterocycles. The molecular weight excluding hydrogens is 162 g/mol. The van der Waals surface area contributed by atoms with E-state index in [0.717, 1.165) is 30.9 Å². The zero-order valence-electron chi connectivity index (χ0n) is 8.72. The van der Waals surface area contributed by atoms with Crippen molar-refractivity contribution in [2.24, 2.45) is 16.6 Å². The van der Waals surface area contributed by atoms with Crippen molar-refractivity contribution in [1.82, 2.24) is 5.32 Å². The molecule has 0 aliphatic carbocycles. The van der Waals surface area contributed by atoms with E-state index in [0.29, 0.717) is 5.92 Å². The van der Waals surface area contributed by atoms with Crippen molar-refractivity contribution in [3.8, 4) is 0 Å². The number of aliphatic imine (C=N–C) groups is 1. The maximum Gasteiger partial charge on any atom is 0.0432 e. The summed E-state index contributed by atoms with van der Waals surface area (Å²) >= 11 is 0. The molecule has 1 heterocycles. The number of nitrogens with one attached hydrogen (secondary N) is 1. The van der Waals surface area contributed by atoms with Gasteiger partial charge in [0.1, 0.15) is 0 Å². The van der Waals surface area contributed by atoms with E-state index in [2.05, 4.69) is 24.2 Å². The van der Waals surface area contributed by atoms with Crippen molar-refractivity contribution in [2.45, 2.75) is 20.3 Å². The molecule has 3 heteroatoms. The van der Waals surface area contributed by atoms with Gasteiger partial charge in [-0.05, 0) is 12.3 Å². The van der Waals surface area contributed by atoms with Crippen molar-refractivity contribution >= 4 is 5.71 Å². The van der Waals surface area contributed by atoms with Crippen LogP contribution in [0.25, 0.3) is 0 Å². The monoisotopic (exact) mass is 181 g/mol. The topological polar surface area (TPSA) is 50.4 Å². The SMILES string of the molecule is CN=C(C1=C(N)CCNC1)C(C)C. The molecule has 0 atom stereocenters. The lowest BCUT2D eigenvalue weighted by molar-refractivity contribution is 0.679. The van der Waals surface area contributed by atoms with Crippen LogP contribution < -0.4 is 11.1 Å². The zero-order chi connectivity index (χ0) is 9.84. The van der Waals surface area contributed by atoms with Crippen LogP contribution in [0.1, 0.15) is 20.3 Å².